The summed E-state index contributed by atoms with van der Waals surface area (Å²) in [6, 6.07) is 5.50. The summed E-state index contributed by atoms with van der Waals surface area (Å²) in [6.07, 6.45) is 0.902. The van der Waals surface area contributed by atoms with E-state index in [1.54, 1.807) is 6.07 Å². The Morgan fingerprint density at radius 3 is 2.69 bits per heavy atom. The number of sulfonamides is 1. The number of hydrogen-bond donors (Lipinski definition) is 3. The van der Waals surface area contributed by atoms with E-state index in [-0.39, 0.29) is 29.5 Å². The Balaban J connectivity index is 1.69. The minimum Gasteiger partial charge on any atom is -0.618 e. The third kappa shape index (κ3) is 6.81. The van der Waals surface area contributed by atoms with E-state index in [4.69, 9.17) is 4.42 Å². The molecule has 0 aromatic carbocycles. The molecular weight excluding hydrogens is 544 g/mol. The number of hydrogen-bond acceptors (Lipinski definition) is 7. The molecule has 1 aliphatic heterocycles. The average molecular weight is 573 g/mol. The maximum Gasteiger partial charge on any atom is 0.323 e. The van der Waals surface area contributed by atoms with Crippen LogP contribution < -0.4 is 15.4 Å². The SMILES string of the molecule is CC(C)CC(NC(=O)c1ccc(Br)o1)C(=O)NC1CCCN(S(=O)(=O)c2cccc[n+]2[O-])C[C@@H]1O. The lowest BCUT2D eigenvalue weighted by Crippen LogP contribution is -2.54. The molecule has 3 heterocycles. The molecule has 2 aromatic heterocycles. The fourth-order valence-corrected chi connectivity index (χ4v) is 5.72. The Kier molecular flexibility index (Phi) is 8.91. The van der Waals surface area contributed by atoms with Crippen molar-refractivity contribution in [1.29, 1.82) is 0 Å². The predicted octanol–water partition coefficient (Wildman–Crippen LogP) is 1.15. The van der Waals surface area contributed by atoms with Crippen molar-refractivity contribution in [3.05, 3.63) is 52.2 Å². The molecule has 0 saturated carbocycles. The first kappa shape index (κ1) is 27.1. The number of furan rings is 1. The molecule has 35 heavy (non-hydrogen) atoms. The zero-order valence-electron chi connectivity index (χ0n) is 19.4. The summed E-state index contributed by atoms with van der Waals surface area (Å²) in [7, 11) is -4.14. The molecule has 2 unspecified atom stereocenters. The predicted molar refractivity (Wildman–Crippen MR) is 128 cm³/mol. The fraction of sp³-hybridized carbons (Fsp3) is 0.500. The number of nitrogens with one attached hydrogen (secondary N) is 2. The van der Waals surface area contributed by atoms with Crippen molar-refractivity contribution in [2.75, 3.05) is 13.1 Å². The second-order valence-electron chi connectivity index (χ2n) is 8.81. The van der Waals surface area contributed by atoms with Gasteiger partial charge in [-0.25, -0.2) is 8.42 Å². The quantitative estimate of drug-likeness (QED) is 0.316. The topological polar surface area (TPSA) is 156 Å². The average Bonchev–Trinajstić information content (AvgIpc) is 3.14. The molecule has 11 nitrogen and oxygen atoms in total. The van der Waals surface area contributed by atoms with Gasteiger partial charge in [-0.3, -0.25) is 9.59 Å². The van der Waals surface area contributed by atoms with Crippen LogP contribution in [0.4, 0.5) is 0 Å². The maximum absolute atomic E-state index is 13.1. The highest BCUT2D eigenvalue weighted by atomic mass is 79.9. The van der Waals surface area contributed by atoms with Gasteiger partial charge in [0.25, 0.3) is 5.91 Å². The van der Waals surface area contributed by atoms with E-state index in [0.29, 0.717) is 23.9 Å². The van der Waals surface area contributed by atoms with Crippen LogP contribution in [0.15, 0.2) is 50.6 Å². The van der Waals surface area contributed by atoms with Crippen molar-refractivity contribution in [2.45, 2.75) is 56.3 Å². The van der Waals surface area contributed by atoms with Crippen molar-refractivity contribution >= 4 is 37.8 Å². The number of carbonyl (C=O) groups excluding carboxylic acids is 2. The molecule has 2 amide bonds. The number of amides is 2. The third-order valence-electron chi connectivity index (χ3n) is 5.62. The number of nitrogens with zero attached hydrogens (tertiary/aromatic N) is 2. The molecule has 0 aliphatic carbocycles. The Labute approximate surface area is 212 Å². The molecule has 192 valence electrons. The Hall–Kier alpha value is -2.48. The first-order valence-electron chi connectivity index (χ1n) is 11.2. The summed E-state index contributed by atoms with van der Waals surface area (Å²) >= 11 is 3.13. The zero-order chi connectivity index (χ0) is 25.8. The molecule has 2 aromatic rings. The van der Waals surface area contributed by atoms with Gasteiger partial charge in [0.2, 0.25) is 5.91 Å². The van der Waals surface area contributed by atoms with Gasteiger partial charge >= 0.3 is 15.0 Å². The van der Waals surface area contributed by atoms with E-state index < -0.39 is 45.1 Å². The number of halogens is 1. The van der Waals surface area contributed by atoms with Crippen molar-refractivity contribution in [2.24, 2.45) is 5.92 Å². The second kappa shape index (κ2) is 11.5. The van der Waals surface area contributed by atoms with Gasteiger partial charge in [0.1, 0.15) is 6.04 Å². The van der Waals surface area contributed by atoms with E-state index in [1.807, 2.05) is 13.8 Å². The largest absolute Gasteiger partial charge is 0.618 e. The lowest BCUT2D eigenvalue weighted by molar-refractivity contribution is -0.646. The highest BCUT2D eigenvalue weighted by Crippen LogP contribution is 2.20. The minimum atomic E-state index is -4.14. The van der Waals surface area contributed by atoms with E-state index >= 15 is 0 Å². The summed E-state index contributed by atoms with van der Waals surface area (Å²) < 4.78 is 32.9. The molecule has 13 heteroatoms. The molecule has 3 N–H and O–H groups in total. The Morgan fingerprint density at radius 1 is 1.31 bits per heavy atom. The molecule has 3 rings (SSSR count). The molecule has 3 atom stereocenters. The summed E-state index contributed by atoms with van der Waals surface area (Å²) in [5, 5.41) is 27.8. The zero-order valence-corrected chi connectivity index (χ0v) is 21.8. The van der Waals surface area contributed by atoms with Gasteiger partial charge < -0.3 is 25.4 Å². The molecule has 0 radical (unpaired) electrons. The normalized spacial score (nSPS) is 20.3. The summed E-state index contributed by atoms with van der Waals surface area (Å²) in [4.78, 5) is 25.6. The number of pyridine rings is 1. The first-order chi connectivity index (χ1) is 16.5. The van der Waals surface area contributed by atoms with Crippen molar-refractivity contribution in [3.8, 4) is 0 Å². The van der Waals surface area contributed by atoms with Crippen LogP contribution >= 0.6 is 15.9 Å². The van der Waals surface area contributed by atoms with E-state index in [9.17, 15) is 28.3 Å². The van der Waals surface area contributed by atoms with Gasteiger partial charge in [0.05, 0.1) is 12.1 Å². The van der Waals surface area contributed by atoms with Crippen LogP contribution in [0.5, 0.6) is 0 Å². The lowest BCUT2D eigenvalue weighted by atomic mass is 10.0. The van der Waals surface area contributed by atoms with Gasteiger partial charge in [-0.1, -0.05) is 13.8 Å². The van der Waals surface area contributed by atoms with Crippen LogP contribution in [0.25, 0.3) is 0 Å². The molecular formula is C22H29BrN4O7S. The molecule has 0 bridgehead atoms. The Morgan fingerprint density at radius 2 is 2.06 bits per heavy atom. The number of β-amino-alcohol motifs (C(OH)–C–C–N with tert-alkyl or cyclic N) is 1. The fourth-order valence-electron chi connectivity index (χ4n) is 3.89. The van der Waals surface area contributed by atoms with Gasteiger partial charge in [-0.05, 0) is 59.3 Å². The van der Waals surface area contributed by atoms with E-state index in [2.05, 4.69) is 26.6 Å². The van der Waals surface area contributed by atoms with Gasteiger partial charge in [-0.15, -0.1) is 0 Å². The minimum absolute atomic E-state index is 0.0466. The second-order valence-corrected chi connectivity index (χ2v) is 11.5. The standard InChI is InChI=1S/C22H29BrN4O7S/c1-14(2)12-16(25-22(30)18-8-9-19(23)34-18)21(29)24-15-6-5-10-26(13-17(15)28)35(32,33)20-7-3-4-11-27(20)31/h3-4,7-9,11,14-17,28H,5-6,10,12-13H2,1-2H3,(H,24,29)(H,25,30)/t15?,16?,17-/m0/s1. The molecule has 1 fully saturated rings. The summed E-state index contributed by atoms with van der Waals surface area (Å²) in [5.41, 5.74) is 0. The number of carbonyl (C=O) groups is 2. The van der Waals surface area contributed by atoms with E-state index in [1.165, 1.54) is 24.3 Å². The highest BCUT2D eigenvalue weighted by molar-refractivity contribution is 9.10. The summed E-state index contributed by atoms with van der Waals surface area (Å²) in [5.74, 6) is -0.911. The monoisotopic (exact) mass is 572 g/mol. The van der Waals surface area contributed by atoms with Crippen LogP contribution in [0.3, 0.4) is 0 Å². The van der Waals surface area contributed by atoms with Crippen LogP contribution in [-0.2, 0) is 14.8 Å². The van der Waals surface area contributed by atoms with Crippen LogP contribution in [0.2, 0.25) is 0 Å². The number of aromatic nitrogens is 1. The molecule has 1 saturated heterocycles. The number of aliphatic hydroxyl groups is 1. The van der Waals surface area contributed by atoms with Crippen LogP contribution in [-0.4, -0.2) is 60.9 Å². The van der Waals surface area contributed by atoms with Crippen molar-refractivity contribution in [1.82, 2.24) is 14.9 Å². The third-order valence-corrected chi connectivity index (χ3v) is 7.91. The first-order valence-corrected chi connectivity index (χ1v) is 13.5. The smallest absolute Gasteiger partial charge is 0.323 e. The van der Waals surface area contributed by atoms with Crippen molar-refractivity contribution in [3.63, 3.8) is 0 Å². The van der Waals surface area contributed by atoms with Gasteiger partial charge in [0, 0.05) is 25.2 Å². The number of rotatable bonds is 8. The highest BCUT2D eigenvalue weighted by Gasteiger charge is 2.37. The number of aliphatic hydroxyl groups excluding tert-OH is 1. The molecule has 1 aliphatic rings. The lowest BCUT2D eigenvalue weighted by Gasteiger charge is -2.27. The van der Waals surface area contributed by atoms with E-state index in [0.717, 1.165) is 10.5 Å². The van der Waals surface area contributed by atoms with Gasteiger partial charge in [0.15, 0.2) is 16.6 Å². The van der Waals surface area contributed by atoms with Crippen LogP contribution in [0.1, 0.15) is 43.7 Å². The Bertz CT molecular complexity index is 1150. The van der Waals surface area contributed by atoms with Crippen LogP contribution in [0, 0.1) is 11.1 Å². The summed E-state index contributed by atoms with van der Waals surface area (Å²) in [6.45, 7) is 3.61. The molecule has 0 spiro atoms. The van der Waals surface area contributed by atoms with Gasteiger partial charge in [-0.2, -0.15) is 9.04 Å². The maximum atomic E-state index is 13.1. The van der Waals surface area contributed by atoms with Crippen molar-refractivity contribution < 1.29 is 32.3 Å².